The number of carbonyl (C=O) groups excluding carboxylic acids is 2. The highest BCUT2D eigenvalue weighted by atomic mass is 16.2. The zero-order chi connectivity index (χ0) is 13.4. The molecule has 100 valence electrons. The number of fused-ring (bicyclic) bond motifs is 1. The molecule has 0 aliphatic carbocycles. The molecule has 2 aliphatic heterocycles. The second-order valence-corrected chi connectivity index (χ2v) is 5.43. The summed E-state index contributed by atoms with van der Waals surface area (Å²) in [4.78, 5) is 25.8. The predicted octanol–water partition coefficient (Wildman–Crippen LogP) is 1.52. The lowest BCUT2D eigenvalue weighted by atomic mass is 9.99. The Morgan fingerprint density at radius 2 is 2.21 bits per heavy atom. The minimum atomic E-state index is -0.366. The van der Waals surface area contributed by atoms with Crippen molar-refractivity contribution < 1.29 is 9.59 Å². The maximum atomic E-state index is 12.1. The van der Waals surface area contributed by atoms with E-state index in [4.69, 9.17) is 0 Å². The largest absolute Gasteiger partial charge is 0.316 e. The summed E-state index contributed by atoms with van der Waals surface area (Å²) in [6.45, 7) is 4.59. The Morgan fingerprint density at radius 1 is 1.37 bits per heavy atom. The first-order chi connectivity index (χ1) is 9.18. The third-order valence-corrected chi connectivity index (χ3v) is 4.03. The van der Waals surface area contributed by atoms with Gasteiger partial charge in [-0.15, -0.1) is 0 Å². The summed E-state index contributed by atoms with van der Waals surface area (Å²) in [5, 5.41) is 3.35. The van der Waals surface area contributed by atoms with E-state index in [0.717, 1.165) is 37.2 Å². The Morgan fingerprint density at radius 3 is 2.95 bits per heavy atom. The van der Waals surface area contributed by atoms with Crippen LogP contribution in [0.4, 0.5) is 5.69 Å². The van der Waals surface area contributed by atoms with E-state index in [1.807, 2.05) is 19.1 Å². The minimum Gasteiger partial charge on any atom is -0.316 e. The normalized spacial score (nSPS) is 22.8. The Bertz CT molecular complexity index is 533. The number of aryl methyl sites for hydroxylation is 1. The number of carbonyl (C=O) groups is 2. The second-order valence-electron chi connectivity index (χ2n) is 5.43. The molecule has 1 atom stereocenters. The van der Waals surface area contributed by atoms with Gasteiger partial charge in [-0.25, -0.2) is 0 Å². The number of anilines is 1. The van der Waals surface area contributed by atoms with Crippen molar-refractivity contribution in [2.75, 3.05) is 24.5 Å². The van der Waals surface area contributed by atoms with E-state index in [1.54, 1.807) is 11.0 Å². The van der Waals surface area contributed by atoms with Crippen LogP contribution in [0.5, 0.6) is 0 Å². The van der Waals surface area contributed by atoms with Gasteiger partial charge in [0, 0.05) is 6.54 Å². The summed E-state index contributed by atoms with van der Waals surface area (Å²) in [5.74, 6) is -0.284. The molecule has 0 aromatic heterocycles. The summed E-state index contributed by atoms with van der Waals surface area (Å²) < 4.78 is 0. The number of ketones is 1. The molecule has 0 saturated carbocycles. The van der Waals surface area contributed by atoms with Crippen molar-refractivity contribution in [1.82, 2.24) is 5.32 Å². The highest BCUT2D eigenvalue weighted by molar-refractivity contribution is 6.52. The standard InChI is InChI=1S/C15H18N2O2/c1-10-4-2-6-12-13(10)17(15(19)14(12)18)9-11-5-3-7-16-8-11/h2,4,6,11,16H,3,5,7-9H2,1H3. The van der Waals surface area contributed by atoms with Crippen molar-refractivity contribution in [3.8, 4) is 0 Å². The molecule has 4 nitrogen and oxygen atoms in total. The van der Waals surface area contributed by atoms with E-state index in [-0.39, 0.29) is 11.7 Å². The molecule has 1 saturated heterocycles. The fourth-order valence-corrected chi connectivity index (χ4v) is 3.05. The summed E-state index contributed by atoms with van der Waals surface area (Å²) in [6.07, 6.45) is 2.26. The molecule has 0 spiro atoms. The number of Topliss-reactive ketones (excluding diaryl/α,β-unsaturated/α-hetero) is 1. The van der Waals surface area contributed by atoms with E-state index in [1.165, 1.54) is 0 Å². The van der Waals surface area contributed by atoms with Gasteiger partial charge in [-0.2, -0.15) is 0 Å². The lowest BCUT2D eigenvalue weighted by Gasteiger charge is -2.28. The molecule has 1 unspecified atom stereocenters. The fourth-order valence-electron chi connectivity index (χ4n) is 3.05. The lowest BCUT2D eigenvalue weighted by Crippen LogP contribution is -2.40. The SMILES string of the molecule is Cc1cccc2c1N(CC1CCCNC1)C(=O)C2=O. The predicted molar refractivity (Wildman–Crippen MR) is 73.5 cm³/mol. The molecule has 1 fully saturated rings. The zero-order valence-corrected chi connectivity index (χ0v) is 11.1. The van der Waals surface area contributed by atoms with Crippen LogP contribution in [-0.4, -0.2) is 31.3 Å². The minimum absolute atomic E-state index is 0.359. The van der Waals surface area contributed by atoms with Gasteiger partial charge in [0.2, 0.25) is 0 Å². The molecule has 3 rings (SSSR count). The summed E-state index contributed by atoms with van der Waals surface area (Å²) >= 11 is 0. The van der Waals surface area contributed by atoms with Gasteiger partial charge in [-0.1, -0.05) is 12.1 Å². The number of amides is 1. The van der Waals surface area contributed by atoms with Crippen LogP contribution in [-0.2, 0) is 4.79 Å². The number of para-hydroxylation sites is 1. The molecule has 1 amide bonds. The van der Waals surface area contributed by atoms with Crippen LogP contribution in [0.1, 0.15) is 28.8 Å². The summed E-state index contributed by atoms with van der Waals surface area (Å²) in [6, 6.07) is 5.55. The molecule has 19 heavy (non-hydrogen) atoms. The average molecular weight is 258 g/mol. The number of hydrogen-bond donors (Lipinski definition) is 1. The van der Waals surface area contributed by atoms with E-state index in [0.29, 0.717) is 18.0 Å². The van der Waals surface area contributed by atoms with E-state index < -0.39 is 0 Å². The smallest absolute Gasteiger partial charge is 0.299 e. The topological polar surface area (TPSA) is 49.4 Å². The highest BCUT2D eigenvalue weighted by Crippen LogP contribution is 2.33. The maximum Gasteiger partial charge on any atom is 0.299 e. The van der Waals surface area contributed by atoms with Crippen molar-refractivity contribution >= 4 is 17.4 Å². The molecular weight excluding hydrogens is 240 g/mol. The molecule has 2 aliphatic rings. The van der Waals surface area contributed by atoms with Crippen molar-refractivity contribution in [3.63, 3.8) is 0 Å². The van der Waals surface area contributed by atoms with Crippen molar-refractivity contribution in [2.45, 2.75) is 19.8 Å². The highest BCUT2D eigenvalue weighted by Gasteiger charge is 2.37. The lowest BCUT2D eigenvalue weighted by molar-refractivity contribution is -0.114. The molecule has 1 aromatic rings. The molecule has 1 N–H and O–H groups in total. The first kappa shape index (κ1) is 12.4. The third-order valence-electron chi connectivity index (χ3n) is 4.03. The van der Waals surface area contributed by atoms with E-state index >= 15 is 0 Å². The quantitative estimate of drug-likeness (QED) is 0.818. The number of piperidine rings is 1. The van der Waals surface area contributed by atoms with Gasteiger partial charge in [0.1, 0.15) is 0 Å². The number of nitrogens with zero attached hydrogens (tertiary/aromatic N) is 1. The third kappa shape index (κ3) is 2.06. The molecule has 0 radical (unpaired) electrons. The molecule has 2 heterocycles. The molecule has 4 heteroatoms. The Hall–Kier alpha value is -1.68. The first-order valence-electron chi connectivity index (χ1n) is 6.85. The zero-order valence-electron chi connectivity index (χ0n) is 11.1. The molecular formula is C15H18N2O2. The van der Waals surface area contributed by atoms with Gasteiger partial charge in [0.05, 0.1) is 11.3 Å². The number of hydrogen-bond acceptors (Lipinski definition) is 3. The summed E-state index contributed by atoms with van der Waals surface area (Å²) in [7, 11) is 0. The van der Waals surface area contributed by atoms with E-state index in [2.05, 4.69) is 5.32 Å². The van der Waals surface area contributed by atoms with Crippen LogP contribution < -0.4 is 10.2 Å². The Labute approximate surface area is 112 Å². The van der Waals surface area contributed by atoms with Gasteiger partial charge >= 0.3 is 0 Å². The van der Waals surface area contributed by atoms with Gasteiger partial charge in [0.15, 0.2) is 0 Å². The molecule has 1 aromatic carbocycles. The van der Waals surface area contributed by atoms with Crippen LogP contribution in [0, 0.1) is 12.8 Å². The van der Waals surface area contributed by atoms with Crippen LogP contribution in [0.25, 0.3) is 0 Å². The van der Waals surface area contributed by atoms with Crippen LogP contribution in [0.3, 0.4) is 0 Å². The van der Waals surface area contributed by atoms with Gasteiger partial charge in [0.25, 0.3) is 11.7 Å². The van der Waals surface area contributed by atoms with Crippen molar-refractivity contribution in [2.24, 2.45) is 5.92 Å². The van der Waals surface area contributed by atoms with Gasteiger partial charge < -0.3 is 10.2 Å². The number of benzene rings is 1. The second kappa shape index (κ2) is 4.78. The first-order valence-corrected chi connectivity index (χ1v) is 6.85. The fraction of sp³-hybridized carbons (Fsp3) is 0.467. The monoisotopic (exact) mass is 258 g/mol. The van der Waals surface area contributed by atoms with Crippen molar-refractivity contribution in [1.29, 1.82) is 0 Å². The van der Waals surface area contributed by atoms with Gasteiger partial charge in [-0.3, -0.25) is 9.59 Å². The Kier molecular flexibility index (Phi) is 3.11. The van der Waals surface area contributed by atoms with Crippen molar-refractivity contribution in [3.05, 3.63) is 29.3 Å². The molecule has 0 bridgehead atoms. The van der Waals surface area contributed by atoms with E-state index in [9.17, 15) is 9.59 Å². The average Bonchev–Trinajstić information content (AvgIpc) is 2.67. The maximum absolute atomic E-state index is 12.1. The summed E-state index contributed by atoms with van der Waals surface area (Å²) in [5.41, 5.74) is 2.39. The van der Waals surface area contributed by atoms with Gasteiger partial charge in [-0.05, 0) is 50.4 Å². The van der Waals surface area contributed by atoms with Crippen LogP contribution in [0.2, 0.25) is 0 Å². The number of nitrogens with one attached hydrogen (secondary N) is 1. The van der Waals surface area contributed by atoms with Crippen LogP contribution >= 0.6 is 0 Å². The Balaban J connectivity index is 1.90. The van der Waals surface area contributed by atoms with Crippen LogP contribution in [0.15, 0.2) is 18.2 Å². The number of rotatable bonds is 2.